The van der Waals surface area contributed by atoms with Crippen molar-refractivity contribution >= 4 is 21.6 Å². The molecule has 0 amide bonds. The van der Waals surface area contributed by atoms with Gasteiger partial charge in [0.2, 0.25) is 0 Å². The van der Waals surface area contributed by atoms with E-state index in [1.165, 1.54) is 0 Å². The normalized spacial score (nSPS) is 9.92. The van der Waals surface area contributed by atoms with Gasteiger partial charge in [-0.2, -0.15) is 5.10 Å². The van der Waals surface area contributed by atoms with Gasteiger partial charge in [0.1, 0.15) is 4.60 Å². The Kier molecular flexibility index (Phi) is 3.47. The van der Waals surface area contributed by atoms with Gasteiger partial charge in [-0.1, -0.05) is 0 Å². The van der Waals surface area contributed by atoms with Crippen LogP contribution in [-0.4, -0.2) is 23.3 Å². The summed E-state index contributed by atoms with van der Waals surface area (Å²) in [6.45, 7) is 6.24. The molecule has 0 atom stereocenters. The van der Waals surface area contributed by atoms with Gasteiger partial charge in [0.25, 0.3) is 0 Å². The van der Waals surface area contributed by atoms with Crippen LogP contribution in [0.1, 0.15) is 13.8 Å². The molecule has 0 fully saturated rings. The molecule has 1 aromatic rings. The van der Waals surface area contributed by atoms with E-state index in [-0.39, 0.29) is 0 Å². The first-order valence-corrected chi connectivity index (χ1v) is 4.80. The summed E-state index contributed by atoms with van der Waals surface area (Å²) >= 11 is 3.29. The van der Waals surface area contributed by atoms with Gasteiger partial charge in [0, 0.05) is 13.1 Å². The molecule has 0 aliphatic rings. The van der Waals surface area contributed by atoms with E-state index >= 15 is 0 Å². The number of halogens is 1. The van der Waals surface area contributed by atoms with Crippen molar-refractivity contribution in [2.45, 2.75) is 13.8 Å². The third-order valence-corrected chi connectivity index (χ3v) is 2.13. The van der Waals surface area contributed by atoms with Crippen LogP contribution in [0.15, 0.2) is 16.9 Å². The van der Waals surface area contributed by atoms with Gasteiger partial charge in [-0.25, -0.2) is 0 Å². The Morgan fingerprint density at radius 2 is 2.08 bits per heavy atom. The summed E-state index contributed by atoms with van der Waals surface area (Å²) in [5, 5.41) is 7.69. The van der Waals surface area contributed by atoms with Crippen LogP contribution in [0, 0.1) is 0 Å². The molecule has 0 spiro atoms. The lowest BCUT2D eigenvalue weighted by atomic mass is 10.4. The largest absolute Gasteiger partial charge is 0.371 e. The van der Waals surface area contributed by atoms with E-state index in [1.54, 1.807) is 6.20 Å². The van der Waals surface area contributed by atoms with Crippen molar-refractivity contribution in [3.63, 3.8) is 0 Å². The average Bonchev–Trinajstić information content (AvgIpc) is 2.07. The molecule has 4 heteroatoms. The van der Waals surface area contributed by atoms with Crippen LogP contribution in [0.3, 0.4) is 0 Å². The Balaban J connectivity index is 2.85. The predicted molar refractivity (Wildman–Crippen MR) is 53.3 cm³/mol. The molecule has 3 nitrogen and oxygen atoms in total. The second-order valence-corrected chi connectivity index (χ2v) is 3.22. The Morgan fingerprint density at radius 1 is 1.42 bits per heavy atom. The van der Waals surface area contributed by atoms with Crippen LogP contribution in [0.25, 0.3) is 0 Å². The van der Waals surface area contributed by atoms with Crippen LogP contribution >= 0.6 is 15.9 Å². The van der Waals surface area contributed by atoms with Crippen LogP contribution in [-0.2, 0) is 0 Å². The fourth-order valence-electron chi connectivity index (χ4n) is 1.09. The molecule has 1 rings (SSSR count). The first kappa shape index (κ1) is 9.45. The third kappa shape index (κ3) is 2.17. The van der Waals surface area contributed by atoms with E-state index in [1.807, 2.05) is 6.07 Å². The molecule has 0 unspecified atom stereocenters. The van der Waals surface area contributed by atoms with Gasteiger partial charge in [-0.15, -0.1) is 5.10 Å². The Hall–Kier alpha value is -0.640. The maximum atomic E-state index is 3.86. The minimum absolute atomic E-state index is 0.784. The van der Waals surface area contributed by atoms with Crippen LogP contribution in [0.5, 0.6) is 0 Å². The molecular weight excluding hydrogens is 218 g/mol. The van der Waals surface area contributed by atoms with Gasteiger partial charge >= 0.3 is 0 Å². The maximum Gasteiger partial charge on any atom is 0.130 e. The summed E-state index contributed by atoms with van der Waals surface area (Å²) in [4.78, 5) is 2.22. The zero-order valence-corrected chi connectivity index (χ0v) is 8.87. The Labute approximate surface area is 80.9 Å². The SMILES string of the molecule is CCN(CC)c1cnnc(Br)c1. The standard InChI is InChI=1S/C8H12BrN3/c1-3-12(4-2)7-5-8(9)11-10-6-7/h5-6H,3-4H2,1-2H3. The summed E-state index contributed by atoms with van der Waals surface area (Å²) < 4.78 is 0.784. The Bertz CT molecular complexity index is 248. The van der Waals surface area contributed by atoms with Gasteiger partial charge in [0.05, 0.1) is 11.9 Å². The van der Waals surface area contributed by atoms with Gasteiger partial charge in [0.15, 0.2) is 0 Å². The van der Waals surface area contributed by atoms with Crippen molar-refractivity contribution in [3.05, 3.63) is 16.9 Å². The fraction of sp³-hybridized carbons (Fsp3) is 0.500. The molecule has 1 heterocycles. The zero-order chi connectivity index (χ0) is 8.97. The minimum atomic E-state index is 0.784. The topological polar surface area (TPSA) is 29.0 Å². The summed E-state index contributed by atoms with van der Waals surface area (Å²) in [7, 11) is 0. The summed E-state index contributed by atoms with van der Waals surface area (Å²) in [5.74, 6) is 0. The molecule has 0 N–H and O–H groups in total. The van der Waals surface area contributed by atoms with Gasteiger partial charge < -0.3 is 4.90 Å². The van der Waals surface area contributed by atoms with Crippen molar-refractivity contribution in [2.24, 2.45) is 0 Å². The zero-order valence-electron chi connectivity index (χ0n) is 7.29. The Morgan fingerprint density at radius 3 is 2.58 bits per heavy atom. The number of rotatable bonds is 3. The average molecular weight is 230 g/mol. The molecule has 1 aromatic heterocycles. The molecular formula is C8H12BrN3. The van der Waals surface area contributed by atoms with E-state index in [0.29, 0.717) is 0 Å². The maximum absolute atomic E-state index is 3.86. The van der Waals surface area contributed by atoms with Gasteiger partial charge in [-0.3, -0.25) is 0 Å². The number of nitrogens with zero attached hydrogens (tertiary/aromatic N) is 3. The van der Waals surface area contributed by atoms with Crippen molar-refractivity contribution in [3.8, 4) is 0 Å². The lowest BCUT2D eigenvalue weighted by Gasteiger charge is -2.19. The highest BCUT2D eigenvalue weighted by Crippen LogP contribution is 2.15. The number of aromatic nitrogens is 2. The molecule has 66 valence electrons. The molecule has 0 radical (unpaired) electrons. The third-order valence-electron chi connectivity index (χ3n) is 1.74. The van der Waals surface area contributed by atoms with Crippen molar-refractivity contribution in [1.82, 2.24) is 10.2 Å². The summed E-state index contributed by atoms with van der Waals surface area (Å²) in [5.41, 5.74) is 1.11. The van der Waals surface area contributed by atoms with E-state index in [0.717, 1.165) is 23.4 Å². The first-order valence-electron chi connectivity index (χ1n) is 4.01. The molecule has 0 bridgehead atoms. The highest BCUT2D eigenvalue weighted by molar-refractivity contribution is 9.10. The quantitative estimate of drug-likeness (QED) is 0.796. The smallest absolute Gasteiger partial charge is 0.130 e. The lowest BCUT2D eigenvalue weighted by Crippen LogP contribution is -2.21. The summed E-state index contributed by atoms with van der Waals surface area (Å²) in [6.07, 6.45) is 1.78. The van der Waals surface area contributed by atoms with E-state index < -0.39 is 0 Å². The molecule has 0 aliphatic heterocycles. The van der Waals surface area contributed by atoms with Crippen molar-refractivity contribution in [2.75, 3.05) is 18.0 Å². The van der Waals surface area contributed by atoms with Crippen molar-refractivity contribution < 1.29 is 0 Å². The van der Waals surface area contributed by atoms with Gasteiger partial charge in [-0.05, 0) is 35.8 Å². The van der Waals surface area contributed by atoms with E-state index in [4.69, 9.17) is 0 Å². The monoisotopic (exact) mass is 229 g/mol. The van der Waals surface area contributed by atoms with E-state index in [9.17, 15) is 0 Å². The summed E-state index contributed by atoms with van der Waals surface area (Å²) in [6, 6.07) is 1.97. The molecule has 0 aliphatic carbocycles. The molecule has 12 heavy (non-hydrogen) atoms. The van der Waals surface area contributed by atoms with Crippen molar-refractivity contribution in [1.29, 1.82) is 0 Å². The van der Waals surface area contributed by atoms with Crippen LogP contribution in [0.4, 0.5) is 5.69 Å². The second kappa shape index (κ2) is 4.40. The van der Waals surface area contributed by atoms with Crippen LogP contribution in [0.2, 0.25) is 0 Å². The number of hydrogen-bond donors (Lipinski definition) is 0. The fourth-order valence-corrected chi connectivity index (χ4v) is 1.42. The lowest BCUT2D eigenvalue weighted by molar-refractivity contribution is 0.851. The highest BCUT2D eigenvalue weighted by atomic mass is 79.9. The van der Waals surface area contributed by atoms with E-state index in [2.05, 4.69) is 44.9 Å². The second-order valence-electron chi connectivity index (χ2n) is 2.41. The minimum Gasteiger partial charge on any atom is -0.371 e. The predicted octanol–water partition coefficient (Wildman–Crippen LogP) is 2.09. The molecule has 0 aromatic carbocycles. The number of hydrogen-bond acceptors (Lipinski definition) is 3. The molecule has 0 saturated carbocycles. The highest BCUT2D eigenvalue weighted by Gasteiger charge is 2.01. The van der Waals surface area contributed by atoms with Crippen LogP contribution < -0.4 is 4.90 Å². The number of anilines is 1. The first-order chi connectivity index (χ1) is 5.77. The molecule has 0 saturated heterocycles.